The number of carbonyl (C=O) groups excluding carboxylic acids is 2. The molecule has 2 atom stereocenters. The summed E-state index contributed by atoms with van der Waals surface area (Å²) < 4.78 is 16.3. The fourth-order valence-electron chi connectivity index (χ4n) is 3.70. The molecule has 1 saturated heterocycles. The zero-order chi connectivity index (χ0) is 21.0. The number of carbonyl (C=O) groups is 2. The lowest BCUT2D eigenvalue weighted by Crippen LogP contribution is -2.46. The van der Waals surface area contributed by atoms with Gasteiger partial charge in [-0.25, -0.2) is 9.59 Å². The number of dihydropyridines is 1. The highest BCUT2D eigenvalue weighted by atomic mass is 35.5. The lowest BCUT2D eigenvalue weighted by molar-refractivity contribution is -0.139. The van der Waals surface area contributed by atoms with Crippen LogP contribution in [0.5, 0.6) is 0 Å². The first-order chi connectivity index (χ1) is 14.0. The van der Waals surface area contributed by atoms with Crippen LogP contribution in [0.25, 0.3) is 0 Å². The van der Waals surface area contributed by atoms with Crippen LogP contribution in [-0.2, 0) is 23.8 Å². The summed E-state index contributed by atoms with van der Waals surface area (Å²) in [5.74, 6) is -1.80. The van der Waals surface area contributed by atoms with Crippen LogP contribution in [0.4, 0.5) is 0 Å². The van der Waals surface area contributed by atoms with E-state index in [4.69, 9.17) is 25.8 Å². The van der Waals surface area contributed by atoms with Crippen molar-refractivity contribution in [3.63, 3.8) is 0 Å². The molecule has 0 saturated carbocycles. The van der Waals surface area contributed by atoms with E-state index in [1.165, 1.54) is 7.11 Å². The minimum atomic E-state index is -0.739. The molecule has 29 heavy (non-hydrogen) atoms. The summed E-state index contributed by atoms with van der Waals surface area (Å²) in [6.45, 7) is 5.48. The third-order valence-corrected chi connectivity index (χ3v) is 5.30. The van der Waals surface area contributed by atoms with E-state index in [-0.39, 0.29) is 12.7 Å². The molecule has 1 fully saturated rings. The van der Waals surface area contributed by atoms with Crippen molar-refractivity contribution < 1.29 is 23.8 Å². The molecular formula is C21H25ClN2O5. The van der Waals surface area contributed by atoms with Crippen LogP contribution >= 0.6 is 11.6 Å². The normalized spacial score (nSPS) is 22.2. The topological polar surface area (TPSA) is 85.9 Å². The Bertz CT molecular complexity index is 858. The second kappa shape index (κ2) is 9.43. The molecule has 0 spiro atoms. The van der Waals surface area contributed by atoms with Crippen molar-refractivity contribution in [1.82, 2.24) is 10.6 Å². The molecule has 0 radical (unpaired) electrons. The summed E-state index contributed by atoms with van der Waals surface area (Å²) in [5, 5.41) is 6.92. The fourth-order valence-corrected chi connectivity index (χ4v) is 3.94. The zero-order valence-electron chi connectivity index (χ0n) is 16.7. The van der Waals surface area contributed by atoms with Crippen molar-refractivity contribution >= 4 is 23.5 Å². The Morgan fingerprint density at radius 2 is 2.00 bits per heavy atom. The number of methoxy groups -OCH3 is 1. The van der Waals surface area contributed by atoms with Crippen LogP contribution < -0.4 is 10.6 Å². The number of morpholine rings is 1. The number of nitrogens with one attached hydrogen (secondary N) is 2. The molecule has 2 aliphatic rings. The molecule has 1 aromatic carbocycles. The van der Waals surface area contributed by atoms with Gasteiger partial charge in [0.05, 0.1) is 43.1 Å². The number of rotatable bonds is 5. The minimum absolute atomic E-state index is 0.199. The molecule has 3 rings (SSSR count). The van der Waals surface area contributed by atoms with Crippen LogP contribution in [0.3, 0.4) is 0 Å². The number of benzene rings is 1. The van der Waals surface area contributed by atoms with Crippen molar-refractivity contribution in [1.29, 1.82) is 0 Å². The minimum Gasteiger partial charge on any atom is -0.466 e. The summed E-state index contributed by atoms with van der Waals surface area (Å²) in [6, 6.07) is 7.13. The number of allylic oxidation sites excluding steroid dienone is 1. The van der Waals surface area contributed by atoms with E-state index >= 15 is 0 Å². The van der Waals surface area contributed by atoms with Gasteiger partial charge in [-0.15, -0.1) is 0 Å². The first-order valence-electron chi connectivity index (χ1n) is 9.53. The van der Waals surface area contributed by atoms with Gasteiger partial charge in [-0.05, 0) is 25.5 Å². The highest BCUT2D eigenvalue weighted by Crippen LogP contribution is 2.42. The average Bonchev–Trinajstić information content (AvgIpc) is 2.73. The number of hydrogen-bond donors (Lipinski definition) is 2. The van der Waals surface area contributed by atoms with Gasteiger partial charge < -0.3 is 24.8 Å². The number of esters is 2. The van der Waals surface area contributed by atoms with Crippen LogP contribution in [-0.4, -0.2) is 51.5 Å². The largest absolute Gasteiger partial charge is 0.466 e. The fraction of sp³-hybridized carbons (Fsp3) is 0.429. The van der Waals surface area contributed by atoms with Crippen molar-refractivity contribution in [3.05, 3.63) is 57.4 Å². The second-order valence-corrected chi connectivity index (χ2v) is 7.13. The molecule has 1 aromatic rings. The first-order valence-corrected chi connectivity index (χ1v) is 9.91. The molecule has 2 aliphatic heterocycles. The summed E-state index contributed by atoms with van der Waals surface area (Å²) in [7, 11) is 1.31. The summed E-state index contributed by atoms with van der Waals surface area (Å²) in [4.78, 5) is 25.8. The quantitative estimate of drug-likeness (QED) is 0.707. The van der Waals surface area contributed by atoms with Gasteiger partial charge in [-0.1, -0.05) is 29.8 Å². The molecule has 0 amide bonds. The van der Waals surface area contributed by atoms with Crippen LogP contribution in [0, 0.1) is 0 Å². The molecular weight excluding hydrogens is 396 g/mol. The van der Waals surface area contributed by atoms with Gasteiger partial charge in [0.1, 0.15) is 6.10 Å². The lowest BCUT2D eigenvalue weighted by Gasteiger charge is -2.36. The van der Waals surface area contributed by atoms with Crippen LogP contribution in [0.1, 0.15) is 25.3 Å². The second-order valence-electron chi connectivity index (χ2n) is 6.72. The molecule has 7 nitrogen and oxygen atoms in total. The number of ether oxygens (including phenoxy) is 3. The predicted octanol–water partition coefficient (Wildman–Crippen LogP) is 2.28. The maximum atomic E-state index is 13.1. The number of hydrogen-bond acceptors (Lipinski definition) is 7. The maximum absolute atomic E-state index is 13.1. The Labute approximate surface area is 175 Å². The van der Waals surface area contributed by atoms with E-state index < -0.39 is 17.9 Å². The smallest absolute Gasteiger partial charge is 0.336 e. The molecule has 0 aromatic heterocycles. The van der Waals surface area contributed by atoms with E-state index in [0.717, 1.165) is 6.54 Å². The molecule has 0 bridgehead atoms. The summed E-state index contributed by atoms with van der Waals surface area (Å²) in [5.41, 5.74) is 2.40. The van der Waals surface area contributed by atoms with Crippen LogP contribution in [0.2, 0.25) is 5.02 Å². The molecule has 8 heteroatoms. The van der Waals surface area contributed by atoms with Gasteiger partial charge in [0.25, 0.3) is 0 Å². The third kappa shape index (κ3) is 4.32. The van der Waals surface area contributed by atoms with E-state index in [9.17, 15) is 9.59 Å². The Hall–Kier alpha value is -2.35. The molecule has 0 aliphatic carbocycles. The molecule has 2 N–H and O–H groups in total. The maximum Gasteiger partial charge on any atom is 0.336 e. The van der Waals surface area contributed by atoms with Gasteiger partial charge in [0.15, 0.2) is 0 Å². The highest BCUT2D eigenvalue weighted by molar-refractivity contribution is 6.31. The van der Waals surface area contributed by atoms with Gasteiger partial charge in [-0.2, -0.15) is 0 Å². The SMILES string of the molecule is CCOC(=O)C1=C(C2CNCCO2)NC(C)=C(C(=O)OC)C1c1ccccc1Cl. The zero-order valence-corrected chi connectivity index (χ0v) is 17.5. The lowest BCUT2D eigenvalue weighted by atomic mass is 9.79. The van der Waals surface area contributed by atoms with Crippen LogP contribution in [0.15, 0.2) is 46.8 Å². The van der Waals surface area contributed by atoms with E-state index in [1.54, 1.807) is 32.0 Å². The van der Waals surface area contributed by atoms with Gasteiger partial charge >= 0.3 is 11.9 Å². The Kier molecular flexibility index (Phi) is 6.95. The number of halogens is 1. The standard InChI is InChI=1S/C21H25ClN2O5/c1-4-28-21(26)18-17(13-7-5-6-8-14(13)22)16(20(25)27-3)12(2)24-19(18)15-11-23-9-10-29-15/h5-8,15,17,23-24H,4,9-11H2,1-3H3. The third-order valence-electron chi connectivity index (χ3n) is 4.96. The Morgan fingerprint density at radius 1 is 1.24 bits per heavy atom. The van der Waals surface area contributed by atoms with E-state index in [1.807, 2.05) is 6.07 Å². The average molecular weight is 421 g/mol. The summed E-state index contributed by atoms with van der Waals surface area (Å²) >= 11 is 6.49. The monoisotopic (exact) mass is 420 g/mol. The Morgan fingerprint density at radius 3 is 2.62 bits per heavy atom. The van der Waals surface area contributed by atoms with Crippen molar-refractivity contribution in [2.75, 3.05) is 33.4 Å². The van der Waals surface area contributed by atoms with Gasteiger partial charge in [0.2, 0.25) is 0 Å². The molecule has 156 valence electrons. The van der Waals surface area contributed by atoms with E-state index in [2.05, 4.69) is 10.6 Å². The Balaban J connectivity index is 2.24. The van der Waals surface area contributed by atoms with Gasteiger partial charge in [0, 0.05) is 23.8 Å². The first kappa shape index (κ1) is 21.4. The summed E-state index contributed by atoms with van der Waals surface area (Å²) in [6.07, 6.45) is -0.387. The van der Waals surface area contributed by atoms with Crippen molar-refractivity contribution in [2.45, 2.75) is 25.9 Å². The van der Waals surface area contributed by atoms with E-state index in [0.29, 0.717) is 46.3 Å². The highest BCUT2D eigenvalue weighted by Gasteiger charge is 2.41. The molecule has 2 unspecified atom stereocenters. The van der Waals surface area contributed by atoms with Crippen molar-refractivity contribution in [2.24, 2.45) is 0 Å². The van der Waals surface area contributed by atoms with Crippen molar-refractivity contribution in [3.8, 4) is 0 Å². The molecule has 2 heterocycles. The van der Waals surface area contributed by atoms with Gasteiger partial charge in [-0.3, -0.25) is 0 Å². The predicted molar refractivity (Wildman–Crippen MR) is 108 cm³/mol.